The lowest BCUT2D eigenvalue weighted by atomic mass is 10.3. The summed E-state index contributed by atoms with van der Waals surface area (Å²) >= 11 is 5.84. The molecule has 0 N–H and O–H groups in total. The van der Waals surface area contributed by atoms with Crippen LogP contribution in [-0.2, 0) is 6.61 Å². The van der Waals surface area contributed by atoms with Crippen LogP contribution in [0, 0.1) is 17.0 Å². The molecule has 8 heteroatoms. The van der Waals surface area contributed by atoms with Crippen molar-refractivity contribution in [3.05, 3.63) is 51.1 Å². The first-order valence-electron chi connectivity index (χ1n) is 5.95. The summed E-state index contributed by atoms with van der Waals surface area (Å²) in [7, 11) is 1.41. The second kappa shape index (κ2) is 6.36. The monoisotopic (exact) mass is 309 g/mol. The summed E-state index contributed by atoms with van der Waals surface area (Å²) in [4.78, 5) is 18.4. The van der Waals surface area contributed by atoms with Crippen LogP contribution in [0.4, 0.5) is 5.69 Å². The minimum Gasteiger partial charge on any atom is -0.493 e. The Morgan fingerprint density at radius 1 is 1.29 bits per heavy atom. The van der Waals surface area contributed by atoms with Gasteiger partial charge < -0.3 is 9.47 Å². The Hall–Kier alpha value is -2.41. The zero-order valence-electron chi connectivity index (χ0n) is 11.4. The maximum absolute atomic E-state index is 10.7. The van der Waals surface area contributed by atoms with Crippen molar-refractivity contribution in [3.8, 4) is 11.5 Å². The van der Waals surface area contributed by atoms with Crippen LogP contribution in [-0.4, -0.2) is 22.0 Å². The van der Waals surface area contributed by atoms with Crippen molar-refractivity contribution in [2.75, 3.05) is 7.11 Å². The largest absolute Gasteiger partial charge is 0.493 e. The molecule has 0 bridgehead atoms. The van der Waals surface area contributed by atoms with Crippen molar-refractivity contribution in [3.63, 3.8) is 0 Å². The van der Waals surface area contributed by atoms with E-state index in [4.69, 9.17) is 21.1 Å². The molecule has 0 aliphatic rings. The number of ether oxygens (including phenoxy) is 2. The van der Waals surface area contributed by atoms with Gasteiger partial charge in [-0.2, -0.15) is 0 Å². The highest BCUT2D eigenvalue weighted by Gasteiger charge is 2.13. The van der Waals surface area contributed by atoms with Crippen molar-refractivity contribution in [2.24, 2.45) is 0 Å². The van der Waals surface area contributed by atoms with E-state index in [1.807, 2.05) is 0 Å². The fourth-order valence-electron chi connectivity index (χ4n) is 1.68. The van der Waals surface area contributed by atoms with E-state index in [-0.39, 0.29) is 18.0 Å². The van der Waals surface area contributed by atoms with Crippen molar-refractivity contribution >= 4 is 17.3 Å². The number of hydrogen-bond acceptors (Lipinski definition) is 6. The first-order valence-corrected chi connectivity index (χ1v) is 6.32. The van der Waals surface area contributed by atoms with Crippen LogP contribution >= 0.6 is 11.6 Å². The second-order valence-corrected chi connectivity index (χ2v) is 4.52. The van der Waals surface area contributed by atoms with Crippen LogP contribution in [0.2, 0.25) is 5.15 Å². The highest BCUT2D eigenvalue weighted by atomic mass is 35.5. The lowest BCUT2D eigenvalue weighted by Gasteiger charge is -2.10. The van der Waals surface area contributed by atoms with E-state index in [0.717, 1.165) is 5.69 Å². The van der Waals surface area contributed by atoms with Gasteiger partial charge in [0.2, 0.25) is 0 Å². The third-order valence-electron chi connectivity index (χ3n) is 2.58. The fourth-order valence-corrected chi connectivity index (χ4v) is 1.94. The molecule has 2 rings (SSSR count). The Labute approximate surface area is 125 Å². The van der Waals surface area contributed by atoms with E-state index in [0.29, 0.717) is 16.7 Å². The van der Waals surface area contributed by atoms with Crippen molar-refractivity contribution in [2.45, 2.75) is 13.5 Å². The Morgan fingerprint density at radius 2 is 2.05 bits per heavy atom. The van der Waals surface area contributed by atoms with Crippen molar-refractivity contribution < 1.29 is 14.4 Å². The number of aromatic nitrogens is 2. The molecule has 2 aromatic rings. The number of nitro benzene ring substituents is 1. The van der Waals surface area contributed by atoms with E-state index < -0.39 is 4.92 Å². The van der Waals surface area contributed by atoms with Gasteiger partial charge in [0.1, 0.15) is 11.8 Å². The van der Waals surface area contributed by atoms with E-state index in [2.05, 4.69) is 9.97 Å². The van der Waals surface area contributed by atoms with E-state index in [1.54, 1.807) is 13.0 Å². The van der Waals surface area contributed by atoms with Crippen LogP contribution in [0.25, 0.3) is 0 Å². The molecule has 0 unspecified atom stereocenters. The van der Waals surface area contributed by atoms with Crippen LogP contribution in [0.1, 0.15) is 11.5 Å². The first-order chi connectivity index (χ1) is 9.99. The second-order valence-electron chi connectivity index (χ2n) is 4.13. The maximum Gasteiger partial charge on any atom is 0.273 e. The van der Waals surface area contributed by atoms with Crippen LogP contribution in [0.5, 0.6) is 11.5 Å². The number of hydrogen-bond donors (Lipinski definition) is 0. The van der Waals surface area contributed by atoms with Gasteiger partial charge in [-0.05, 0) is 19.1 Å². The van der Waals surface area contributed by atoms with Crippen molar-refractivity contribution in [1.29, 1.82) is 0 Å². The molecule has 0 saturated heterocycles. The molecule has 0 amide bonds. The van der Waals surface area contributed by atoms with Crippen LogP contribution in [0.3, 0.4) is 0 Å². The molecule has 1 aromatic heterocycles. The highest BCUT2D eigenvalue weighted by Crippen LogP contribution is 2.31. The van der Waals surface area contributed by atoms with Crippen LogP contribution < -0.4 is 9.47 Å². The molecule has 0 aliphatic carbocycles. The third-order valence-corrected chi connectivity index (χ3v) is 2.78. The summed E-state index contributed by atoms with van der Waals surface area (Å²) in [6.45, 7) is 1.87. The standard InChI is InChI=1S/C13H12ClN3O4/c1-8-5-12(14)16-13(15-8)7-21-10-4-3-9(17(18)19)6-11(10)20-2/h3-6H,7H2,1-2H3. The van der Waals surface area contributed by atoms with Gasteiger partial charge >= 0.3 is 0 Å². The number of aryl methyl sites for hydroxylation is 1. The first kappa shape index (κ1) is 15.0. The average Bonchev–Trinajstić information content (AvgIpc) is 2.43. The molecule has 0 saturated carbocycles. The number of rotatable bonds is 5. The predicted molar refractivity (Wildman–Crippen MR) is 75.8 cm³/mol. The summed E-state index contributed by atoms with van der Waals surface area (Å²) in [5.41, 5.74) is 0.651. The summed E-state index contributed by atoms with van der Waals surface area (Å²) in [6.07, 6.45) is 0. The molecule has 0 fully saturated rings. The molecule has 0 radical (unpaired) electrons. The summed E-state index contributed by atoms with van der Waals surface area (Å²) in [6, 6.07) is 5.73. The summed E-state index contributed by atoms with van der Waals surface area (Å²) in [5.74, 6) is 1.05. The average molecular weight is 310 g/mol. The fraction of sp³-hybridized carbons (Fsp3) is 0.231. The Balaban J connectivity index is 2.17. The lowest BCUT2D eigenvalue weighted by molar-refractivity contribution is -0.385. The molecule has 21 heavy (non-hydrogen) atoms. The topological polar surface area (TPSA) is 87.4 Å². The predicted octanol–water partition coefficient (Wildman–Crippen LogP) is 2.93. The number of halogens is 1. The minimum atomic E-state index is -0.504. The molecule has 1 heterocycles. The minimum absolute atomic E-state index is 0.0750. The number of non-ortho nitro benzene ring substituents is 1. The van der Waals surface area contributed by atoms with Crippen molar-refractivity contribution in [1.82, 2.24) is 9.97 Å². The Kier molecular flexibility index (Phi) is 4.54. The van der Waals surface area contributed by atoms with E-state index in [9.17, 15) is 10.1 Å². The van der Waals surface area contributed by atoms with Gasteiger partial charge in [-0.25, -0.2) is 9.97 Å². The lowest BCUT2D eigenvalue weighted by Crippen LogP contribution is -2.04. The van der Waals surface area contributed by atoms with Gasteiger partial charge in [0.15, 0.2) is 17.3 Å². The van der Waals surface area contributed by atoms with Gasteiger partial charge in [-0.3, -0.25) is 10.1 Å². The quantitative estimate of drug-likeness (QED) is 0.479. The zero-order chi connectivity index (χ0) is 15.4. The Bertz CT molecular complexity index is 658. The van der Waals surface area contributed by atoms with E-state index >= 15 is 0 Å². The normalized spacial score (nSPS) is 10.2. The zero-order valence-corrected chi connectivity index (χ0v) is 12.1. The Morgan fingerprint density at radius 3 is 2.67 bits per heavy atom. The SMILES string of the molecule is COc1cc([N+](=O)[O-])ccc1OCc1nc(C)cc(Cl)n1. The molecule has 110 valence electrons. The number of nitrogens with zero attached hydrogens (tertiary/aromatic N) is 3. The van der Waals surface area contributed by atoms with Gasteiger partial charge in [-0.1, -0.05) is 11.6 Å². The van der Waals surface area contributed by atoms with Gasteiger partial charge in [0.25, 0.3) is 5.69 Å². The maximum atomic E-state index is 10.7. The van der Waals surface area contributed by atoms with Gasteiger partial charge in [0.05, 0.1) is 18.1 Å². The number of benzene rings is 1. The van der Waals surface area contributed by atoms with Gasteiger partial charge in [-0.15, -0.1) is 0 Å². The molecule has 1 aromatic carbocycles. The number of methoxy groups -OCH3 is 1. The molecule has 0 aliphatic heterocycles. The third kappa shape index (κ3) is 3.79. The molecular formula is C13H12ClN3O4. The summed E-state index contributed by atoms with van der Waals surface area (Å²) in [5, 5.41) is 11.0. The molecular weight excluding hydrogens is 298 g/mol. The highest BCUT2D eigenvalue weighted by molar-refractivity contribution is 6.29. The van der Waals surface area contributed by atoms with E-state index in [1.165, 1.54) is 25.3 Å². The molecule has 0 spiro atoms. The molecule has 7 nitrogen and oxygen atoms in total. The van der Waals surface area contributed by atoms with Crippen LogP contribution in [0.15, 0.2) is 24.3 Å². The summed E-state index contributed by atoms with van der Waals surface area (Å²) < 4.78 is 10.6. The smallest absolute Gasteiger partial charge is 0.273 e. The van der Waals surface area contributed by atoms with Gasteiger partial charge in [0, 0.05) is 11.8 Å². The molecule has 0 atom stereocenters. The number of nitro groups is 1.